The summed E-state index contributed by atoms with van der Waals surface area (Å²) in [6, 6.07) is 9.61. The Morgan fingerprint density at radius 3 is 2.28 bits per heavy atom. The fourth-order valence-corrected chi connectivity index (χ4v) is 1.33. The van der Waals surface area contributed by atoms with E-state index in [1.807, 2.05) is 30.3 Å². The van der Waals surface area contributed by atoms with E-state index in [9.17, 15) is 10.2 Å². The maximum absolute atomic E-state index is 9.59. The lowest BCUT2D eigenvalue weighted by molar-refractivity contribution is -0.0697. The molecule has 0 aliphatic rings. The molecule has 0 amide bonds. The first-order valence-electron chi connectivity index (χ1n) is 5.73. The highest BCUT2D eigenvalue weighted by Crippen LogP contribution is 2.02. The van der Waals surface area contributed by atoms with E-state index < -0.39 is 12.2 Å². The third-order valence-corrected chi connectivity index (χ3v) is 2.32. The van der Waals surface area contributed by atoms with Crippen molar-refractivity contribution in [2.75, 3.05) is 19.8 Å². The van der Waals surface area contributed by atoms with Gasteiger partial charge in [-0.1, -0.05) is 36.3 Å². The van der Waals surface area contributed by atoms with E-state index >= 15 is 0 Å². The van der Waals surface area contributed by atoms with Gasteiger partial charge in [0.1, 0.15) is 18.8 Å². The van der Waals surface area contributed by atoms with Crippen LogP contribution in [0.25, 0.3) is 0 Å². The molecule has 0 heterocycles. The first-order valence-corrected chi connectivity index (χ1v) is 5.73. The summed E-state index contributed by atoms with van der Waals surface area (Å²) in [5.74, 6) is 2.28. The summed E-state index contributed by atoms with van der Waals surface area (Å²) in [7, 11) is 0. The Kier molecular flexibility index (Phi) is 7.07. The summed E-state index contributed by atoms with van der Waals surface area (Å²) < 4.78 is 10.2. The van der Waals surface area contributed by atoms with Crippen LogP contribution < -0.4 is 0 Å². The highest BCUT2D eigenvalue weighted by Gasteiger charge is 2.16. The number of ether oxygens (including phenoxy) is 2. The molecule has 4 nitrogen and oxygen atoms in total. The van der Waals surface area contributed by atoms with E-state index in [-0.39, 0.29) is 19.8 Å². The highest BCUT2D eigenvalue weighted by atomic mass is 16.5. The van der Waals surface area contributed by atoms with Gasteiger partial charge in [-0.15, -0.1) is 6.42 Å². The lowest BCUT2D eigenvalue weighted by atomic mass is 10.2. The second kappa shape index (κ2) is 8.67. The first kappa shape index (κ1) is 14.7. The lowest BCUT2D eigenvalue weighted by Crippen LogP contribution is -2.34. The lowest BCUT2D eigenvalue weighted by Gasteiger charge is -2.17. The molecule has 0 aliphatic heterocycles. The molecule has 4 heteroatoms. The number of benzene rings is 1. The smallest absolute Gasteiger partial charge is 0.107 e. The summed E-state index contributed by atoms with van der Waals surface area (Å²) in [5, 5.41) is 19.1. The number of aliphatic hydroxyl groups is 2. The number of hydrogen-bond donors (Lipinski definition) is 2. The predicted octanol–water partition coefficient (Wildman–Crippen LogP) is 0.575. The Morgan fingerprint density at radius 2 is 1.67 bits per heavy atom. The molecule has 2 atom stereocenters. The summed E-state index contributed by atoms with van der Waals surface area (Å²) >= 11 is 0. The van der Waals surface area contributed by atoms with Crippen LogP contribution in [0.15, 0.2) is 30.3 Å². The number of rotatable bonds is 8. The number of hydrogen-bond acceptors (Lipinski definition) is 4. The molecule has 0 spiro atoms. The fourth-order valence-electron chi connectivity index (χ4n) is 1.33. The van der Waals surface area contributed by atoms with Gasteiger partial charge in [0, 0.05) is 0 Å². The standard InChI is InChI=1S/C14H18O4/c1-2-8-17-10-13(15)14(16)11-18-9-12-6-4-3-5-7-12/h1,3-7,13-16H,8-11H2/t13-,14-/m0/s1. The Bertz CT molecular complexity index is 358. The van der Waals surface area contributed by atoms with Crippen LogP contribution in [0.4, 0.5) is 0 Å². The van der Waals surface area contributed by atoms with Crippen molar-refractivity contribution < 1.29 is 19.7 Å². The van der Waals surface area contributed by atoms with Crippen LogP contribution in [0.5, 0.6) is 0 Å². The van der Waals surface area contributed by atoms with E-state index in [0.717, 1.165) is 5.56 Å². The zero-order chi connectivity index (χ0) is 13.2. The molecule has 1 aromatic rings. The van der Waals surface area contributed by atoms with Gasteiger partial charge in [-0.05, 0) is 5.56 Å². The monoisotopic (exact) mass is 250 g/mol. The Balaban J connectivity index is 2.16. The van der Waals surface area contributed by atoms with Gasteiger partial charge in [-0.3, -0.25) is 0 Å². The van der Waals surface area contributed by atoms with Crippen LogP contribution in [0.3, 0.4) is 0 Å². The Labute approximate surface area is 107 Å². The van der Waals surface area contributed by atoms with Crippen molar-refractivity contribution in [1.29, 1.82) is 0 Å². The number of aliphatic hydroxyl groups excluding tert-OH is 2. The van der Waals surface area contributed by atoms with E-state index in [2.05, 4.69) is 5.92 Å². The van der Waals surface area contributed by atoms with Gasteiger partial charge in [0.05, 0.1) is 19.8 Å². The Morgan fingerprint density at radius 1 is 1.06 bits per heavy atom. The van der Waals surface area contributed by atoms with Gasteiger partial charge >= 0.3 is 0 Å². The van der Waals surface area contributed by atoms with Crippen LogP contribution in [-0.2, 0) is 16.1 Å². The van der Waals surface area contributed by atoms with Gasteiger partial charge in [0.15, 0.2) is 0 Å². The minimum Gasteiger partial charge on any atom is -0.388 e. The van der Waals surface area contributed by atoms with Crippen molar-refractivity contribution in [2.45, 2.75) is 18.8 Å². The van der Waals surface area contributed by atoms with Gasteiger partial charge in [-0.2, -0.15) is 0 Å². The third kappa shape index (κ3) is 5.80. The maximum atomic E-state index is 9.59. The van der Waals surface area contributed by atoms with Gasteiger partial charge in [0.25, 0.3) is 0 Å². The molecular weight excluding hydrogens is 232 g/mol. The van der Waals surface area contributed by atoms with E-state index in [0.29, 0.717) is 6.61 Å². The molecule has 0 saturated heterocycles. The SMILES string of the molecule is C#CCOC[C@H](O)[C@@H](O)COCc1ccccc1. The van der Waals surface area contributed by atoms with Crippen LogP contribution >= 0.6 is 0 Å². The molecule has 0 aromatic heterocycles. The quantitative estimate of drug-likeness (QED) is 0.523. The van der Waals surface area contributed by atoms with E-state index in [1.165, 1.54) is 0 Å². The third-order valence-electron chi connectivity index (χ3n) is 2.32. The summed E-state index contributed by atoms with van der Waals surface area (Å²) in [6.45, 7) is 0.569. The van der Waals surface area contributed by atoms with Crippen molar-refractivity contribution >= 4 is 0 Å². The van der Waals surface area contributed by atoms with Gasteiger partial charge < -0.3 is 19.7 Å². The zero-order valence-electron chi connectivity index (χ0n) is 10.2. The van der Waals surface area contributed by atoms with Gasteiger partial charge in [-0.25, -0.2) is 0 Å². The minimum absolute atomic E-state index is 0.0000631. The average molecular weight is 250 g/mol. The van der Waals surface area contributed by atoms with Crippen LogP contribution in [0, 0.1) is 12.3 Å². The molecule has 1 rings (SSSR count). The normalized spacial score (nSPS) is 13.8. The summed E-state index contributed by atoms with van der Waals surface area (Å²) in [6.07, 6.45) is 3.02. The summed E-state index contributed by atoms with van der Waals surface area (Å²) in [5.41, 5.74) is 1.02. The Hall–Kier alpha value is -1.38. The van der Waals surface area contributed by atoms with Crippen molar-refractivity contribution in [1.82, 2.24) is 0 Å². The summed E-state index contributed by atoms with van der Waals surface area (Å²) in [4.78, 5) is 0. The molecule has 1 aromatic carbocycles. The van der Waals surface area contributed by atoms with Crippen LogP contribution in [0.1, 0.15) is 5.56 Å². The maximum Gasteiger partial charge on any atom is 0.107 e. The predicted molar refractivity (Wildman–Crippen MR) is 67.8 cm³/mol. The van der Waals surface area contributed by atoms with Gasteiger partial charge in [0.2, 0.25) is 0 Å². The van der Waals surface area contributed by atoms with Crippen molar-refractivity contribution in [3.05, 3.63) is 35.9 Å². The average Bonchev–Trinajstić information content (AvgIpc) is 2.40. The molecule has 0 bridgehead atoms. The fraction of sp³-hybridized carbons (Fsp3) is 0.429. The molecule has 18 heavy (non-hydrogen) atoms. The molecule has 0 fully saturated rings. The molecule has 2 N–H and O–H groups in total. The largest absolute Gasteiger partial charge is 0.388 e. The highest BCUT2D eigenvalue weighted by molar-refractivity contribution is 5.13. The first-order chi connectivity index (χ1) is 8.74. The second-order valence-electron chi connectivity index (χ2n) is 3.85. The second-order valence-corrected chi connectivity index (χ2v) is 3.85. The van der Waals surface area contributed by atoms with Crippen molar-refractivity contribution in [3.8, 4) is 12.3 Å². The number of terminal acetylenes is 1. The van der Waals surface area contributed by atoms with E-state index in [1.54, 1.807) is 0 Å². The molecule has 98 valence electrons. The van der Waals surface area contributed by atoms with Crippen LogP contribution in [-0.4, -0.2) is 42.2 Å². The minimum atomic E-state index is -0.992. The van der Waals surface area contributed by atoms with Crippen molar-refractivity contribution in [2.24, 2.45) is 0 Å². The van der Waals surface area contributed by atoms with Crippen LogP contribution in [0.2, 0.25) is 0 Å². The van der Waals surface area contributed by atoms with Crippen molar-refractivity contribution in [3.63, 3.8) is 0 Å². The van der Waals surface area contributed by atoms with E-state index in [4.69, 9.17) is 15.9 Å². The zero-order valence-corrected chi connectivity index (χ0v) is 10.2. The molecule has 0 radical (unpaired) electrons. The molecule has 0 aliphatic carbocycles. The topological polar surface area (TPSA) is 58.9 Å². The molecule has 0 unspecified atom stereocenters. The molecular formula is C14H18O4. The molecule has 0 saturated carbocycles.